The highest BCUT2D eigenvalue weighted by Crippen LogP contribution is 2.60. The predicted molar refractivity (Wildman–Crippen MR) is 216 cm³/mol. The fraction of sp³-hybridized carbons (Fsp3) is 0.727. The molecule has 2 bridgehead atoms. The molecular formula is C44H56F4N4O9S. The van der Waals surface area contributed by atoms with Crippen LogP contribution in [0.5, 0.6) is 11.6 Å². The molecule has 2 aliphatic heterocycles. The zero-order valence-electron chi connectivity index (χ0n) is 35.7. The van der Waals surface area contributed by atoms with Gasteiger partial charge in [0.15, 0.2) is 11.5 Å². The van der Waals surface area contributed by atoms with Crippen LogP contribution in [0.2, 0.25) is 0 Å². The number of carbonyl (C=O) groups excluding carboxylic acids is 4. The molecule has 2 amide bonds. The summed E-state index contributed by atoms with van der Waals surface area (Å²) in [6.07, 6.45) is -3.32. The number of rotatable bonds is 9. The molecule has 4 aliphatic carbocycles. The molecule has 18 heteroatoms. The van der Waals surface area contributed by atoms with Crippen molar-refractivity contribution in [3.63, 3.8) is 0 Å². The van der Waals surface area contributed by atoms with Crippen LogP contribution in [0.15, 0.2) is 18.2 Å². The number of ether oxygens (including phenoxy) is 3. The number of methoxy groups -OCH3 is 1. The van der Waals surface area contributed by atoms with Crippen molar-refractivity contribution in [3.05, 3.63) is 23.9 Å². The second-order valence-corrected chi connectivity index (χ2v) is 21.6. The van der Waals surface area contributed by atoms with Gasteiger partial charge in [0.05, 0.1) is 53.7 Å². The van der Waals surface area contributed by atoms with Gasteiger partial charge in [0.1, 0.15) is 18.0 Å². The van der Waals surface area contributed by atoms with Gasteiger partial charge in [0.25, 0.3) is 5.92 Å². The lowest BCUT2D eigenvalue weighted by Crippen LogP contribution is -2.50. The maximum absolute atomic E-state index is 16.6. The van der Waals surface area contributed by atoms with Gasteiger partial charge in [-0.05, 0) is 86.7 Å². The average molecular weight is 893 g/mol. The number of esters is 1. The predicted octanol–water partition coefficient (Wildman–Crippen LogP) is 6.75. The van der Waals surface area contributed by atoms with E-state index in [4.69, 9.17) is 14.2 Å². The van der Waals surface area contributed by atoms with E-state index < -0.39 is 129 Å². The van der Waals surface area contributed by atoms with E-state index in [0.717, 1.165) is 6.42 Å². The first-order chi connectivity index (χ1) is 29.2. The lowest BCUT2D eigenvalue weighted by molar-refractivity contribution is -0.158. The van der Waals surface area contributed by atoms with Crippen LogP contribution in [-0.4, -0.2) is 90.4 Å². The van der Waals surface area contributed by atoms with Crippen molar-refractivity contribution in [2.75, 3.05) is 13.7 Å². The molecule has 62 heavy (non-hydrogen) atoms. The number of halogens is 4. The largest absolute Gasteiger partial charge is 0.497 e. The smallest absolute Gasteiger partial charge is 0.306 e. The molecule has 6 aliphatic rings. The Labute approximate surface area is 358 Å². The quantitative estimate of drug-likeness (QED) is 0.209. The molecule has 1 aromatic carbocycles. The van der Waals surface area contributed by atoms with Gasteiger partial charge in [-0.25, -0.2) is 27.2 Å². The standard InChI is InChI=1S/C44H56F4N4O9S/c1-6-25-34-21-52(36(25)32(53)20-43(19-29(43)38(45)46)41(56)51-62(57,58)24-11-12-24)40(55)28(42(2,3)4)18-35(54)60-33-16-22-15-27(22)26(33)9-7-8-14-44(47,48)37-39(61-34)50-31-17-23(59-5)10-13-30(31)49-37/h10,13,17,22,24-29,33-34,36,38H,6-9,11-12,14-16,18-21H2,1-5H3,(H,51,56)/t22-,25+,26+,27-,28+,29-,33+,34-,36-,43+/m0/s1. The maximum Gasteiger partial charge on any atom is 0.306 e. The monoisotopic (exact) mass is 892 g/mol. The van der Waals surface area contributed by atoms with Gasteiger partial charge in [-0.2, -0.15) is 8.78 Å². The molecule has 10 atom stereocenters. The summed E-state index contributed by atoms with van der Waals surface area (Å²) in [6, 6.07) is 3.16. The summed E-state index contributed by atoms with van der Waals surface area (Å²) < 4.78 is 107. The van der Waals surface area contributed by atoms with E-state index in [1.807, 2.05) is 4.72 Å². The zero-order chi connectivity index (χ0) is 44.7. The number of ketones is 1. The number of sulfonamides is 1. The van der Waals surface area contributed by atoms with Gasteiger partial charge in [0.2, 0.25) is 34.1 Å². The van der Waals surface area contributed by atoms with Crippen molar-refractivity contribution >= 4 is 44.6 Å². The van der Waals surface area contributed by atoms with E-state index in [1.54, 1.807) is 33.8 Å². The van der Waals surface area contributed by atoms with E-state index in [2.05, 4.69) is 9.97 Å². The van der Waals surface area contributed by atoms with Gasteiger partial charge in [-0.1, -0.05) is 34.1 Å². The van der Waals surface area contributed by atoms with E-state index in [-0.39, 0.29) is 42.8 Å². The minimum Gasteiger partial charge on any atom is -0.497 e. The van der Waals surface area contributed by atoms with Crippen LogP contribution in [0, 0.1) is 46.3 Å². The fourth-order valence-electron chi connectivity index (χ4n) is 10.6. The molecule has 0 spiro atoms. The number of Topliss-reactive ketones (excluding diaryl/α,β-unsaturated/α-hetero) is 1. The van der Waals surface area contributed by atoms with E-state index in [9.17, 15) is 31.6 Å². The number of nitrogens with one attached hydrogen (secondary N) is 1. The van der Waals surface area contributed by atoms with Gasteiger partial charge in [-0.3, -0.25) is 23.9 Å². The topological polar surface area (TPSA) is 171 Å². The van der Waals surface area contributed by atoms with Gasteiger partial charge < -0.3 is 19.1 Å². The van der Waals surface area contributed by atoms with E-state index in [0.29, 0.717) is 49.7 Å². The fourth-order valence-corrected chi connectivity index (χ4v) is 12.0. The Kier molecular flexibility index (Phi) is 11.6. The third kappa shape index (κ3) is 8.49. The summed E-state index contributed by atoms with van der Waals surface area (Å²) >= 11 is 0. The van der Waals surface area contributed by atoms with Crippen LogP contribution >= 0.6 is 0 Å². The first-order valence-electron chi connectivity index (χ1n) is 21.9. The van der Waals surface area contributed by atoms with Crippen molar-refractivity contribution < 1.29 is 59.4 Å². The molecule has 2 aromatic rings. The Hall–Kier alpha value is -4.09. The number of benzene rings is 1. The Morgan fingerprint density at radius 2 is 1.76 bits per heavy atom. The van der Waals surface area contributed by atoms with Crippen LogP contribution in [0.1, 0.15) is 110 Å². The molecular weight excluding hydrogens is 837 g/mol. The number of hydrogen-bond acceptors (Lipinski definition) is 11. The molecule has 0 unspecified atom stereocenters. The van der Waals surface area contributed by atoms with Gasteiger partial charge in [-0.15, -0.1) is 0 Å². The highest BCUT2D eigenvalue weighted by molar-refractivity contribution is 7.90. The maximum atomic E-state index is 16.6. The number of carbonyl (C=O) groups is 4. The number of amides is 2. The van der Waals surface area contributed by atoms with Crippen LogP contribution in [0.25, 0.3) is 11.0 Å². The summed E-state index contributed by atoms with van der Waals surface area (Å²) in [7, 11) is -2.73. The molecule has 1 N–H and O–H groups in total. The van der Waals surface area contributed by atoms with Crippen LogP contribution < -0.4 is 14.2 Å². The van der Waals surface area contributed by atoms with Crippen LogP contribution in [-0.2, 0) is 39.9 Å². The summed E-state index contributed by atoms with van der Waals surface area (Å²) in [5.74, 6) is -9.83. The minimum absolute atomic E-state index is 0.00972. The molecule has 1 saturated heterocycles. The minimum atomic E-state index is -4.17. The third-order valence-electron chi connectivity index (χ3n) is 14.5. The molecule has 3 heterocycles. The number of hydrogen-bond donors (Lipinski definition) is 1. The third-order valence-corrected chi connectivity index (χ3v) is 16.3. The van der Waals surface area contributed by atoms with E-state index >= 15 is 13.6 Å². The average Bonchev–Trinajstić information content (AvgIpc) is 4.13. The second-order valence-electron chi connectivity index (χ2n) is 19.7. The highest BCUT2D eigenvalue weighted by Gasteiger charge is 2.67. The number of aromatic nitrogens is 2. The van der Waals surface area contributed by atoms with Crippen molar-refractivity contribution in [1.29, 1.82) is 0 Å². The first kappa shape index (κ1) is 44.5. The van der Waals surface area contributed by atoms with Crippen LogP contribution in [0.4, 0.5) is 17.6 Å². The molecule has 5 fully saturated rings. The van der Waals surface area contributed by atoms with Crippen molar-refractivity contribution in [2.24, 2.45) is 46.3 Å². The van der Waals surface area contributed by atoms with Crippen molar-refractivity contribution in [3.8, 4) is 11.6 Å². The Morgan fingerprint density at radius 1 is 1.02 bits per heavy atom. The summed E-state index contributed by atoms with van der Waals surface area (Å²) in [5.41, 5.74) is -3.32. The zero-order valence-corrected chi connectivity index (χ0v) is 36.5. The molecule has 0 radical (unpaired) electrons. The molecule has 8 rings (SSSR count). The molecule has 13 nitrogen and oxygen atoms in total. The number of nitrogens with zero attached hydrogens (tertiary/aromatic N) is 3. The van der Waals surface area contributed by atoms with Crippen molar-refractivity contribution in [1.82, 2.24) is 19.6 Å². The Balaban J connectivity index is 1.20. The lowest BCUT2D eigenvalue weighted by Gasteiger charge is -2.36. The Bertz CT molecular complexity index is 2240. The first-order valence-corrected chi connectivity index (χ1v) is 23.5. The van der Waals surface area contributed by atoms with Gasteiger partial charge in [0, 0.05) is 30.7 Å². The van der Waals surface area contributed by atoms with Gasteiger partial charge >= 0.3 is 5.97 Å². The normalized spacial score (nSPS) is 33.6. The van der Waals surface area contributed by atoms with E-state index in [1.165, 1.54) is 24.1 Å². The van der Waals surface area contributed by atoms with Crippen molar-refractivity contribution in [2.45, 2.75) is 141 Å². The Morgan fingerprint density at radius 3 is 2.40 bits per heavy atom. The summed E-state index contributed by atoms with van der Waals surface area (Å²) in [5, 5.41) is -0.838. The van der Waals surface area contributed by atoms with Crippen LogP contribution in [0.3, 0.4) is 0 Å². The highest BCUT2D eigenvalue weighted by atomic mass is 32.2. The SMILES string of the molecule is CC[C@@H]1[C@@H]2CN(C(=O)[C@H](C(C)(C)C)CC(=O)O[C@@H]3C[C@@H]4C[C@@H]4[C@H]3CCCCC(F)(F)c3nc4ccc(OC)cc4nc3O2)[C@@H]1C(=O)C[C@]1(C(=O)NS(=O)(=O)C2CC2)C[C@H]1C(F)F. The number of alkyl halides is 4. The lowest BCUT2D eigenvalue weighted by atomic mass is 9.77. The molecule has 4 saturated carbocycles. The summed E-state index contributed by atoms with van der Waals surface area (Å²) in [6.45, 7) is 6.66. The molecule has 1 aromatic heterocycles. The molecule has 340 valence electrons. The summed E-state index contributed by atoms with van der Waals surface area (Å²) in [4.78, 5) is 67.6. The second kappa shape index (κ2) is 16.2. The number of fused-ring (bicyclic) bond motifs is 7.